The molecule has 0 bridgehead atoms. The summed E-state index contributed by atoms with van der Waals surface area (Å²) in [6, 6.07) is 0.526. The second-order valence-electron chi connectivity index (χ2n) is 5.74. The quantitative estimate of drug-likeness (QED) is 0.406. The third kappa shape index (κ3) is 6.37. The van der Waals surface area contributed by atoms with Crippen LogP contribution in [-0.4, -0.2) is 67.0 Å². The van der Waals surface area contributed by atoms with E-state index in [2.05, 4.69) is 15.2 Å². The van der Waals surface area contributed by atoms with Gasteiger partial charge in [-0.25, -0.2) is 0 Å². The van der Waals surface area contributed by atoms with Gasteiger partial charge in [-0.05, 0) is 12.8 Å². The molecule has 1 aliphatic carbocycles. The van der Waals surface area contributed by atoms with E-state index in [-0.39, 0.29) is 29.9 Å². The Morgan fingerprint density at radius 2 is 1.86 bits per heavy atom. The first-order valence-corrected chi connectivity index (χ1v) is 7.69. The van der Waals surface area contributed by atoms with E-state index >= 15 is 0 Å². The summed E-state index contributed by atoms with van der Waals surface area (Å²) in [7, 11) is 0. The van der Waals surface area contributed by atoms with Crippen molar-refractivity contribution in [3.05, 3.63) is 0 Å². The second kappa shape index (κ2) is 9.45. The molecule has 1 heterocycles. The summed E-state index contributed by atoms with van der Waals surface area (Å²) < 4.78 is 0. The summed E-state index contributed by atoms with van der Waals surface area (Å²) >= 11 is 0. The molecule has 122 valence electrons. The number of piperazine rings is 1. The zero-order chi connectivity index (χ0) is 14.4. The minimum atomic E-state index is 0. The summed E-state index contributed by atoms with van der Waals surface area (Å²) in [5.74, 6) is 0.756. The first-order valence-electron chi connectivity index (χ1n) is 7.69. The van der Waals surface area contributed by atoms with Crippen LogP contribution in [0.3, 0.4) is 0 Å². The first kappa shape index (κ1) is 18.5. The number of nitrogens with one attached hydrogen (secondary N) is 1. The molecule has 3 N–H and O–H groups in total. The summed E-state index contributed by atoms with van der Waals surface area (Å²) in [6.45, 7) is 6.81. The fourth-order valence-corrected chi connectivity index (χ4v) is 2.92. The molecular formula is C14H28IN5O. The standard InChI is InChI=1S/C14H27N5O.HI/c1-12(20)19-10-8-18(9-11-19)7-6-16-14(15)17-13-4-2-3-5-13;/h13H,2-11H2,1H3,(H3,15,16,17);1H. The molecule has 1 saturated carbocycles. The van der Waals surface area contributed by atoms with E-state index in [4.69, 9.17) is 5.73 Å². The molecule has 1 amide bonds. The van der Waals surface area contributed by atoms with Gasteiger partial charge in [0.25, 0.3) is 0 Å². The van der Waals surface area contributed by atoms with Gasteiger partial charge in [0.15, 0.2) is 5.96 Å². The van der Waals surface area contributed by atoms with Gasteiger partial charge in [0, 0.05) is 45.7 Å². The second-order valence-corrected chi connectivity index (χ2v) is 5.74. The monoisotopic (exact) mass is 409 g/mol. The van der Waals surface area contributed by atoms with Crippen molar-refractivity contribution in [1.29, 1.82) is 0 Å². The van der Waals surface area contributed by atoms with Crippen LogP contribution < -0.4 is 11.1 Å². The maximum Gasteiger partial charge on any atom is 0.219 e. The van der Waals surface area contributed by atoms with E-state index in [1.54, 1.807) is 6.92 Å². The molecule has 1 saturated heterocycles. The van der Waals surface area contributed by atoms with Gasteiger partial charge in [0.2, 0.25) is 5.91 Å². The van der Waals surface area contributed by atoms with Crippen molar-refractivity contribution in [1.82, 2.24) is 15.1 Å². The number of nitrogens with two attached hydrogens (primary N) is 1. The van der Waals surface area contributed by atoms with Crippen molar-refractivity contribution >= 4 is 35.8 Å². The fourth-order valence-electron chi connectivity index (χ4n) is 2.92. The number of rotatable bonds is 4. The van der Waals surface area contributed by atoms with E-state index in [1.165, 1.54) is 25.7 Å². The summed E-state index contributed by atoms with van der Waals surface area (Å²) in [5.41, 5.74) is 5.90. The minimum Gasteiger partial charge on any atom is -0.370 e. The SMILES string of the molecule is CC(=O)N1CCN(CCN=C(N)NC2CCCC2)CC1.I. The predicted molar refractivity (Wildman–Crippen MR) is 96.0 cm³/mol. The lowest BCUT2D eigenvalue weighted by Gasteiger charge is -2.33. The highest BCUT2D eigenvalue weighted by Gasteiger charge is 2.18. The van der Waals surface area contributed by atoms with Crippen LogP contribution in [0.4, 0.5) is 0 Å². The molecule has 6 nitrogen and oxygen atoms in total. The van der Waals surface area contributed by atoms with Gasteiger partial charge >= 0.3 is 0 Å². The van der Waals surface area contributed by atoms with Crippen LogP contribution in [0.25, 0.3) is 0 Å². The Bertz CT molecular complexity index is 349. The number of nitrogens with zero attached hydrogens (tertiary/aromatic N) is 3. The third-order valence-corrected chi connectivity index (χ3v) is 4.22. The Balaban J connectivity index is 0.00000220. The van der Waals surface area contributed by atoms with E-state index in [1.807, 2.05) is 4.90 Å². The molecule has 2 fully saturated rings. The van der Waals surface area contributed by atoms with Crippen molar-refractivity contribution in [3.8, 4) is 0 Å². The summed E-state index contributed by atoms with van der Waals surface area (Å²) in [4.78, 5) is 19.9. The highest BCUT2D eigenvalue weighted by Crippen LogP contribution is 2.17. The molecule has 7 heteroatoms. The van der Waals surface area contributed by atoms with Crippen molar-refractivity contribution in [2.45, 2.75) is 38.6 Å². The third-order valence-electron chi connectivity index (χ3n) is 4.22. The Labute approximate surface area is 144 Å². The largest absolute Gasteiger partial charge is 0.370 e. The Morgan fingerprint density at radius 3 is 2.43 bits per heavy atom. The van der Waals surface area contributed by atoms with E-state index in [0.29, 0.717) is 12.0 Å². The lowest BCUT2D eigenvalue weighted by Crippen LogP contribution is -2.48. The molecule has 0 unspecified atom stereocenters. The van der Waals surface area contributed by atoms with Gasteiger partial charge in [-0.15, -0.1) is 24.0 Å². The molecular weight excluding hydrogens is 381 g/mol. The van der Waals surface area contributed by atoms with Crippen molar-refractivity contribution < 1.29 is 4.79 Å². The average Bonchev–Trinajstić information content (AvgIpc) is 2.92. The van der Waals surface area contributed by atoms with E-state index < -0.39 is 0 Å². The van der Waals surface area contributed by atoms with Crippen molar-refractivity contribution in [2.75, 3.05) is 39.3 Å². The number of hydrogen-bond acceptors (Lipinski definition) is 3. The van der Waals surface area contributed by atoms with Crippen LogP contribution in [0, 0.1) is 0 Å². The lowest BCUT2D eigenvalue weighted by molar-refractivity contribution is -0.130. The minimum absolute atomic E-state index is 0. The van der Waals surface area contributed by atoms with Crippen LogP contribution in [0.2, 0.25) is 0 Å². The zero-order valence-corrected chi connectivity index (χ0v) is 15.2. The van der Waals surface area contributed by atoms with Crippen LogP contribution in [0.15, 0.2) is 4.99 Å². The maximum absolute atomic E-state index is 11.2. The molecule has 21 heavy (non-hydrogen) atoms. The van der Waals surface area contributed by atoms with E-state index in [0.717, 1.165) is 39.3 Å². The number of carbonyl (C=O) groups excluding carboxylic acids is 1. The Hall–Kier alpha value is -0.570. The zero-order valence-electron chi connectivity index (χ0n) is 12.9. The predicted octanol–water partition coefficient (Wildman–Crippen LogP) is 0.615. The highest BCUT2D eigenvalue weighted by molar-refractivity contribution is 14.0. The number of amides is 1. The van der Waals surface area contributed by atoms with Crippen LogP contribution in [0.5, 0.6) is 0 Å². The molecule has 1 aliphatic heterocycles. The molecule has 0 atom stereocenters. The number of hydrogen-bond donors (Lipinski definition) is 2. The van der Waals surface area contributed by atoms with Crippen LogP contribution >= 0.6 is 24.0 Å². The molecule has 0 aromatic carbocycles. The molecule has 0 aromatic heterocycles. The highest BCUT2D eigenvalue weighted by atomic mass is 127. The van der Waals surface area contributed by atoms with Crippen LogP contribution in [0.1, 0.15) is 32.6 Å². The summed E-state index contributed by atoms with van der Waals surface area (Å²) in [6.07, 6.45) is 5.02. The van der Waals surface area contributed by atoms with Crippen molar-refractivity contribution in [2.24, 2.45) is 10.7 Å². The molecule has 0 aromatic rings. The molecule has 0 radical (unpaired) electrons. The van der Waals surface area contributed by atoms with Gasteiger partial charge in [-0.2, -0.15) is 0 Å². The number of carbonyl (C=O) groups is 1. The summed E-state index contributed by atoms with van der Waals surface area (Å²) in [5, 5.41) is 3.29. The Kier molecular flexibility index (Phi) is 8.31. The van der Waals surface area contributed by atoms with Gasteiger partial charge < -0.3 is 16.0 Å². The number of guanidine groups is 1. The molecule has 2 aliphatic rings. The fraction of sp³-hybridized carbons (Fsp3) is 0.857. The van der Waals surface area contributed by atoms with Gasteiger partial charge in [-0.1, -0.05) is 12.8 Å². The Morgan fingerprint density at radius 1 is 1.24 bits per heavy atom. The van der Waals surface area contributed by atoms with Crippen LogP contribution in [-0.2, 0) is 4.79 Å². The van der Waals surface area contributed by atoms with Gasteiger partial charge in [0.1, 0.15) is 0 Å². The van der Waals surface area contributed by atoms with Gasteiger partial charge in [-0.3, -0.25) is 14.7 Å². The number of aliphatic imine (C=N–C) groups is 1. The van der Waals surface area contributed by atoms with Gasteiger partial charge in [0.05, 0.1) is 6.54 Å². The average molecular weight is 409 g/mol. The smallest absolute Gasteiger partial charge is 0.219 e. The van der Waals surface area contributed by atoms with Crippen molar-refractivity contribution in [3.63, 3.8) is 0 Å². The lowest BCUT2D eigenvalue weighted by atomic mass is 10.2. The normalized spacial score (nSPS) is 21.2. The molecule has 0 spiro atoms. The number of halogens is 1. The molecule has 2 rings (SSSR count). The topological polar surface area (TPSA) is 74.0 Å². The maximum atomic E-state index is 11.2. The van der Waals surface area contributed by atoms with E-state index in [9.17, 15) is 4.79 Å². The first-order chi connectivity index (χ1) is 9.65.